The van der Waals surface area contributed by atoms with Crippen LogP contribution < -0.4 is 4.74 Å². The van der Waals surface area contributed by atoms with Crippen molar-refractivity contribution in [2.75, 3.05) is 6.61 Å². The van der Waals surface area contributed by atoms with Crippen LogP contribution in [0.3, 0.4) is 0 Å². The highest BCUT2D eigenvalue weighted by atomic mass is 16.7. The van der Waals surface area contributed by atoms with E-state index in [2.05, 4.69) is 0 Å². The molecule has 4 heterocycles. The van der Waals surface area contributed by atoms with E-state index in [-0.39, 0.29) is 0 Å². The number of benzene rings is 4. The molecule has 1 fully saturated rings. The number of aromatic hydroxyl groups is 11. The lowest BCUT2D eigenvalue weighted by Gasteiger charge is -2.44. The first-order chi connectivity index (χ1) is 32.0. The number of carbonyl (C=O) groups is 7. The fraction of sp³-hybridized carbons (Fsp3) is 0.244. The molecule has 1 unspecified atom stereocenters. The summed E-state index contributed by atoms with van der Waals surface area (Å²) in [4.78, 5) is 96.9. The predicted octanol–water partition coefficient (Wildman–Crippen LogP) is -0.00170. The molecule has 27 nitrogen and oxygen atoms in total. The number of fused-ring (bicyclic) bond motifs is 3. The van der Waals surface area contributed by atoms with Gasteiger partial charge in [0, 0.05) is 16.7 Å². The van der Waals surface area contributed by atoms with E-state index in [1.165, 1.54) is 0 Å². The zero-order chi connectivity index (χ0) is 49.5. The van der Waals surface area contributed by atoms with Gasteiger partial charge in [-0.05, 0) is 36.8 Å². The predicted molar refractivity (Wildman–Crippen MR) is 206 cm³/mol. The first-order valence-electron chi connectivity index (χ1n) is 19.2. The maximum Gasteiger partial charge on any atom is 0.340 e. The fourth-order valence-corrected chi connectivity index (χ4v) is 7.94. The van der Waals surface area contributed by atoms with Gasteiger partial charge in [-0.25, -0.2) is 24.0 Å². The molecule has 0 radical (unpaired) electrons. The van der Waals surface area contributed by atoms with Gasteiger partial charge in [-0.15, -0.1) is 0 Å². The Labute approximate surface area is 374 Å². The summed E-state index contributed by atoms with van der Waals surface area (Å²) in [5.74, 6) is -31.5. The van der Waals surface area contributed by atoms with Gasteiger partial charge in [0.05, 0.1) is 28.2 Å². The van der Waals surface area contributed by atoms with Gasteiger partial charge in [-0.1, -0.05) is 0 Å². The van der Waals surface area contributed by atoms with Gasteiger partial charge < -0.3 is 99.5 Å². The van der Waals surface area contributed by atoms with Crippen molar-refractivity contribution in [1.82, 2.24) is 0 Å². The third-order valence-corrected chi connectivity index (χ3v) is 11.2. The molecule has 27 heteroatoms. The number of aliphatic hydroxyl groups is 1. The van der Waals surface area contributed by atoms with Crippen LogP contribution in [0.25, 0.3) is 11.1 Å². The second-order valence-corrected chi connectivity index (χ2v) is 15.2. The minimum absolute atomic E-state index is 0.365. The van der Waals surface area contributed by atoms with Crippen LogP contribution >= 0.6 is 0 Å². The molecule has 356 valence electrons. The quantitative estimate of drug-likeness (QED) is 0.0542. The van der Waals surface area contributed by atoms with Crippen molar-refractivity contribution >= 4 is 41.8 Å². The lowest BCUT2D eigenvalue weighted by Crippen LogP contribution is -2.63. The zero-order valence-corrected chi connectivity index (χ0v) is 33.4. The van der Waals surface area contributed by atoms with Gasteiger partial charge in [-0.2, -0.15) is 0 Å². The first kappa shape index (κ1) is 45.5. The number of carboxylic acid groups (broad SMARTS) is 1. The van der Waals surface area contributed by atoms with Crippen LogP contribution in [-0.4, -0.2) is 152 Å². The third-order valence-electron chi connectivity index (χ3n) is 11.2. The lowest BCUT2D eigenvalue weighted by atomic mass is 9.81. The van der Waals surface area contributed by atoms with Crippen LogP contribution in [0.15, 0.2) is 30.3 Å². The van der Waals surface area contributed by atoms with E-state index in [0.29, 0.717) is 30.3 Å². The molecule has 4 aliphatic heterocycles. The second-order valence-electron chi connectivity index (χ2n) is 15.2. The summed E-state index contributed by atoms with van der Waals surface area (Å²) in [5, 5.41) is 136. The van der Waals surface area contributed by atoms with Crippen molar-refractivity contribution in [1.29, 1.82) is 0 Å². The first-order valence-corrected chi connectivity index (χ1v) is 19.2. The molecular weight excluding hydrogens is 924 g/mol. The molecule has 4 bridgehead atoms. The van der Waals surface area contributed by atoms with Crippen molar-refractivity contribution in [2.24, 2.45) is 5.92 Å². The molecule has 8 rings (SSSR count). The second kappa shape index (κ2) is 16.4. The Hall–Kier alpha value is -9.11. The molecule has 4 aliphatic rings. The monoisotopic (exact) mass is 954 g/mol. The number of hydrogen-bond donors (Lipinski definition) is 13. The van der Waals surface area contributed by atoms with Crippen molar-refractivity contribution in [3.63, 3.8) is 0 Å². The van der Waals surface area contributed by atoms with E-state index in [1.54, 1.807) is 0 Å². The number of carboxylic acids is 1. The number of carbonyl (C=O) groups excluding carboxylic acids is 6. The summed E-state index contributed by atoms with van der Waals surface area (Å²) in [6.07, 6.45) is -16.0. The number of aliphatic carboxylic acids is 1. The smallest absolute Gasteiger partial charge is 0.340 e. The highest BCUT2D eigenvalue weighted by Crippen LogP contribution is 2.55. The molecular formula is C41H30O27. The Kier molecular flexibility index (Phi) is 11.0. The van der Waals surface area contributed by atoms with E-state index in [9.17, 15) is 99.9 Å². The Morgan fingerprint density at radius 1 is 0.603 bits per heavy atom. The summed E-state index contributed by atoms with van der Waals surface area (Å²) in [6, 6.07) is 2.41. The number of ether oxygens (including phenoxy) is 7. The molecule has 0 spiro atoms. The molecule has 13 N–H and O–H groups in total. The van der Waals surface area contributed by atoms with E-state index in [4.69, 9.17) is 33.2 Å². The van der Waals surface area contributed by atoms with Crippen molar-refractivity contribution < 1.29 is 133 Å². The van der Waals surface area contributed by atoms with Gasteiger partial charge >= 0.3 is 41.8 Å². The van der Waals surface area contributed by atoms with E-state index in [1.807, 2.05) is 0 Å². The molecule has 0 aromatic heterocycles. The summed E-state index contributed by atoms with van der Waals surface area (Å²) >= 11 is 0. The summed E-state index contributed by atoms with van der Waals surface area (Å²) in [7, 11) is 0. The van der Waals surface area contributed by atoms with Crippen LogP contribution in [0.5, 0.6) is 69.0 Å². The lowest BCUT2D eigenvalue weighted by molar-refractivity contribution is -0.287. The Morgan fingerprint density at radius 3 is 1.71 bits per heavy atom. The Balaban J connectivity index is 1.38. The molecule has 0 saturated carbocycles. The largest absolute Gasteiger partial charge is 0.504 e. The van der Waals surface area contributed by atoms with Gasteiger partial charge in [0.1, 0.15) is 18.6 Å². The number of rotatable bonds is 5. The number of aliphatic hydroxyl groups excluding tert-OH is 1. The highest BCUT2D eigenvalue weighted by Gasteiger charge is 2.58. The maximum atomic E-state index is 14.6. The van der Waals surface area contributed by atoms with Crippen LogP contribution in [0, 0.1) is 5.92 Å². The number of phenolic OH excluding ortho intramolecular Hbond substituents is 11. The van der Waals surface area contributed by atoms with Crippen LogP contribution in [0.2, 0.25) is 0 Å². The normalized spacial score (nSPS) is 23.5. The molecule has 0 amide bonds. The minimum Gasteiger partial charge on any atom is -0.504 e. The highest BCUT2D eigenvalue weighted by molar-refractivity contribution is 6.08. The minimum atomic E-state index is -2.56. The topological polar surface area (TPSA) is 447 Å². The van der Waals surface area contributed by atoms with Crippen molar-refractivity contribution in [3.05, 3.63) is 58.1 Å². The SMILES string of the molecule is O=C(O[C@@H]1O[C@@H]2COC(=O)c3cc(O)c(O)c(O)c3-c3c(cc(O)c(O)c3O)C(=O)O[C@H]3[C@H]1OC(=O)c1cc(O)c(O)c4c1[C@@H](C(=O)O4)[C@H](CC(O)C(=O)O)C(=O)O[C@@H]32)c1cc(O)c(O)c(O)c1. The van der Waals surface area contributed by atoms with Crippen molar-refractivity contribution in [3.8, 4) is 80.1 Å². The third kappa shape index (κ3) is 7.31. The molecule has 68 heavy (non-hydrogen) atoms. The number of phenols is 11. The zero-order valence-electron chi connectivity index (χ0n) is 33.4. The number of esters is 6. The van der Waals surface area contributed by atoms with Crippen LogP contribution in [0.1, 0.15) is 59.3 Å². The van der Waals surface area contributed by atoms with Crippen LogP contribution in [0.4, 0.5) is 0 Å². The molecule has 4 aromatic carbocycles. The Bertz CT molecular complexity index is 2900. The fourth-order valence-electron chi connectivity index (χ4n) is 7.94. The van der Waals surface area contributed by atoms with Gasteiger partial charge in [0.25, 0.3) is 0 Å². The number of hydrogen-bond acceptors (Lipinski definition) is 26. The van der Waals surface area contributed by atoms with Gasteiger partial charge in [0.15, 0.2) is 70.1 Å². The molecule has 0 aliphatic carbocycles. The van der Waals surface area contributed by atoms with Gasteiger partial charge in [-0.3, -0.25) is 9.59 Å². The van der Waals surface area contributed by atoms with Gasteiger partial charge in [0.2, 0.25) is 29.6 Å². The van der Waals surface area contributed by atoms with Crippen LogP contribution in [-0.2, 0) is 42.8 Å². The summed E-state index contributed by atoms with van der Waals surface area (Å²) < 4.78 is 39.0. The summed E-state index contributed by atoms with van der Waals surface area (Å²) in [6.45, 7) is -1.30. The van der Waals surface area contributed by atoms with E-state index in [0.717, 1.165) is 0 Å². The van der Waals surface area contributed by atoms with Crippen molar-refractivity contribution in [2.45, 2.75) is 49.1 Å². The average molecular weight is 955 g/mol. The average Bonchev–Trinajstić information content (AvgIpc) is 3.62. The Morgan fingerprint density at radius 2 is 1.12 bits per heavy atom. The van der Waals surface area contributed by atoms with E-state index >= 15 is 0 Å². The molecule has 8 atom stereocenters. The molecule has 1 saturated heterocycles. The van der Waals surface area contributed by atoms with E-state index < -0.39 is 211 Å². The standard InChI is InChI=1S/C41H30O27/c42-13-1-8(2-14(43)24(13)48)35(56)68-41-33-32-30(64-39(60)12(6-18(47)34(54)55)23-22-11(38(59)67-33)5-17(46)27(51)31(22)65-40(23)61)19(63-41)7-62-36(57)9-3-15(44)25(49)28(52)20(9)21-10(37(58)66-32)4-16(45)26(50)29(21)53/h1-5,12,18-19,23,30,32-33,41-53H,6-7H2,(H,54,55)/t12-,18?,19+,23-,30+,32+,33+,41-/m0/s1. The summed E-state index contributed by atoms with van der Waals surface area (Å²) in [5.41, 5.74) is -6.92. The molecule has 4 aromatic rings. The maximum absolute atomic E-state index is 14.6. The number of cyclic esters (lactones) is 1.